The van der Waals surface area contributed by atoms with E-state index in [0.29, 0.717) is 32.2 Å². The fraction of sp³-hybridized carbons (Fsp3) is 0.567. The largest absolute Gasteiger partial charge is 0.416 e. The van der Waals surface area contributed by atoms with Crippen molar-refractivity contribution in [2.24, 2.45) is 0 Å². The van der Waals surface area contributed by atoms with Crippen LogP contribution in [0.4, 0.5) is 26.7 Å². The molecule has 5 rings (SSSR count). The molecule has 0 radical (unpaired) electrons. The Bertz CT molecular complexity index is 1250. The number of piperidine rings is 1. The Balaban J connectivity index is 1.46. The lowest BCUT2D eigenvalue weighted by Crippen LogP contribution is -2.59. The van der Waals surface area contributed by atoms with Gasteiger partial charge in [-0.3, -0.25) is 4.90 Å². The van der Waals surface area contributed by atoms with Crippen LogP contribution in [-0.2, 0) is 17.6 Å². The lowest BCUT2D eigenvalue weighted by atomic mass is 9.78. The first-order valence-electron chi connectivity index (χ1n) is 13.8. The average molecular weight is 566 g/mol. The Morgan fingerprint density at radius 2 is 1.95 bits per heavy atom. The minimum absolute atomic E-state index is 0.0847. The normalized spacial score (nSPS) is 26.1. The van der Waals surface area contributed by atoms with Crippen LogP contribution < -0.4 is 0 Å². The molecular formula is C30H36F5N3O2. The number of ether oxygens (including phenoxy) is 1. The SMILES string of the molecule is Cc1cc(F)ccc1[C@H]1C[C@]2(CC[C@@H]3COCCN32)CCN1C(=O)N(C)[C@H](C)c1cc(CF)cc(C(F)(F)F)c1. The van der Waals surface area contributed by atoms with Gasteiger partial charge in [0.15, 0.2) is 0 Å². The van der Waals surface area contributed by atoms with E-state index in [0.717, 1.165) is 49.1 Å². The predicted octanol–water partition coefficient (Wildman–Crippen LogP) is 6.81. The van der Waals surface area contributed by atoms with E-state index in [1.807, 2.05) is 6.92 Å². The number of carbonyl (C=O) groups is 1. The monoisotopic (exact) mass is 565 g/mol. The molecule has 0 aliphatic carbocycles. The first kappa shape index (κ1) is 28.8. The van der Waals surface area contributed by atoms with Crippen LogP contribution in [0.2, 0.25) is 0 Å². The number of rotatable bonds is 4. The smallest absolute Gasteiger partial charge is 0.378 e. The van der Waals surface area contributed by atoms with E-state index < -0.39 is 24.5 Å². The Morgan fingerprint density at radius 1 is 1.18 bits per heavy atom. The van der Waals surface area contributed by atoms with Crippen molar-refractivity contribution in [1.29, 1.82) is 0 Å². The summed E-state index contributed by atoms with van der Waals surface area (Å²) >= 11 is 0. The minimum atomic E-state index is -4.63. The molecule has 0 saturated carbocycles. The lowest BCUT2D eigenvalue weighted by Gasteiger charge is -2.52. The number of fused-ring (bicyclic) bond motifs is 2. The molecule has 3 saturated heterocycles. The van der Waals surface area contributed by atoms with Crippen molar-refractivity contribution < 1.29 is 31.5 Å². The molecular weight excluding hydrogens is 529 g/mol. The second-order valence-corrected chi connectivity index (χ2v) is 11.5. The third-order valence-electron chi connectivity index (χ3n) is 9.25. The van der Waals surface area contributed by atoms with Crippen molar-refractivity contribution in [2.75, 3.05) is 33.4 Å². The van der Waals surface area contributed by atoms with Gasteiger partial charge in [-0.15, -0.1) is 0 Å². The number of hydrogen-bond acceptors (Lipinski definition) is 3. The fourth-order valence-corrected chi connectivity index (χ4v) is 6.95. The third-order valence-corrected chi connectivity index (χ3v) is 9.25. The first-order valence-corrected chi connectivity index (χ1v) is 13.8. The Morgan fingerprint density at radius 3 is 2.65 bits per heavy atom. The predicted molar refractivity (Wildman–Crippen MR) is 141 cm³/mol. The van der Waals surface area contributed by atoms with Crippen LogP contribution in [0, 0.1) is 12.7 Å². The summed E-state index contributed by atoms with van der Waals surface area (Å²) in [5.41, 5.74) is 0.707. The Kier molecular flexibility index (Phi) is 7.87. The number of amides is 2. The van der Waals surface area contributed by atoms with Gasteiger partial charge < -0.3 is 14.5 Å². The van der Waals surface area contributed by atoms with Gasteiger partial charge in [0, 0.05) is 31.7 Å². The molecule has 3 fully saturated rings. The molecule has 2 aromatic carbocycles. The highest BCUT2D eigenvalue weighted by atomic mass is 19.4. The molecule has 2 aromatic rings. The van der Waals surface area contributed by atoms with E-state index in [1.165, 1.54) is 23.1 Å². The van der Waals surface area contributed by atoms with Crippen LogP contribution in [0.5, 0.6) is 0 Å². The summed E-state index contributed by atoms with van der Waals surface area (Å²) in [4.78, 5) is 19.8. The summed E-state index contributed by atoms with van der Waals surface area (Å²) in [7, 11) is 1.56. The van der Waals surface area contributed by atoms with E-state index in [-0.39, 0.29) is 34.6 Å². The van der Waals surface area contributed by atoms with Crippen molar-refractivity contribution in [3.05, 3.63) is 70.0 Å². The summed E-state index contributed by atoms with van der Waals surface area (Å²) in [6.07, 6.45) is -1.18. The zero-order valence-electron chi connectivity index (χ0n) is 23.1. The number of morpholine rings is 1. The zero-order valence-corrected chi connectivity index (χ0v) is 23.1. The van der Waals surface area contributed by atoms with Crippen LogP contribution in [0.3, 0.4) is 0 Å². The number of nitrogens with zero attached hydrogens (tertiary/aromatic N) is 3. The summed E-state index contributed by atoms with van der Waals surface area (Å²) in [6, 6.07) is 6.74. The number of hydrogen-bond donors (Lipinski definition) is 0. The number of likely N-dealkylation sites (tertiary alicyclic amines) is 1. The summed E-state index contributed by atoms with van der Waals surface area (Å²) in [6.45, 7) is 5.10. The van der Waals surface area contributed by atoms with Crippen molar-refractivity contribution >= 4 is 6.03 Å². The van der Waals surface area contributed by atoms with Gasteiger partial charge in [-0.1, -0.05) is 12.1 Å². The second-order valence-electron chi connectivity index (χ2n) is 11.5. The Labute approximate surface area is 231 Å². The molecule has 0 bridgehead atoms. The van der Waals surface area contributed by atoms with Crippen LogP contribution >= 0.6 is 0 Å². The molecule has 3 aliphatic rings. The number of alkyl halides is 4. The molecule has 4 atom stereocenters. The average Bonchev–Trinajstić information content (AvgIpc) is 3.28. The van der Waals surface area contributed by atoms with Gasteiger partial charge in [-0.2, -0.15) is 13.2 Å². The summed E-state index contributed by atoms with van der Waals surface area (Å²) < 4.78 is 73.8. The second kappa shape index (κ2) is 10.9. The molecule has 3 aliphatic heterocycles. The minimum Gasteiger partial charge on any atom is -0.378 e. The van der Waals surface area contributed by atoms with Crippen molar-refractivity contribution in [3.8, 4) is 0 Å². The maximum absolute atomic E-state index is 14.1. The molecule has 40 heavy (non-hydrogen) atoms. The van der Waals surface area contributed by atoms with Crippen LogP contribution in [-0.4, -0.2) is 65.7 Å². The van der Waals surface area contributed by atoms with Gasteiger partial charge in [0.25, 0.3) is 0 Å². The lowest BCUT2D eigenvalue weighted by molar-refractivity contribution is -0.137. The number of carbonyl (C=O) groups excluding carboxylic acids is 1. The molecule has 0 aromatic heterocycles. The maximum Gasteiger partial charge on any atom is 0.416 e. The fourth-order valence-electron chi connectivity index (χ4n) is 6.95. The summed E-state index contributed by atoms with van der Waals surface area (Å²) in [5.74, 6) is -0.349. The standard InChI is InChI=1S/C30H36F5N3O2/c1-19-12-24(32)4-5-26(19)27-16-29(7-6-25-18-40-11-10-38(25)29)8-9-37(27)28(39)36(3)20(2)22-13-21(17-31)14-23(15-22)30(33,34)35/h4-5,12-15,20,25,27H,6-11,16-18H2,1-3H3/t20-,25-,27-,29+/m1/s1. The van der Waals surface area contributed by atoms with Crippen molar-refractivity contribution in [1.82, 2.24) is 14.7 Å². The van der Waals surface area contributed by atoms with Gasteiger partial charge in [0.2, 0.25) is 0 Å². The van der Waals surface area contributed by atoms with Crippen molar-refractivity contribution in [3.63, 3.8) is 0 Å². The Hall–Kier alpha value is -2.72. The van der Waals surface area contributed by atoms with Gasteiger partial charge in [0.05, 0.1) is 30.9 Å². The van der Waals surface area contributed by atoms with Crippen LogP contribution in [0.25, 0.3) is 0 Å². The molecule has 0 N–H and O–H groups in total. The van der Waals surface area contributed by atoms with E-state index in [1.54, 1.807) is 24.9 Å². The summed E-state index contributed by atoms with van der Waals surface area (Å²) in [5, 5.41) is 0. The molecule has 2 amide bonds. The van der Waals surface area contributed by atoms with Crippen LogP contribution in [0.15, 0.2) is 36.4 Å². The van der Waals surface area contributed by atoms with E-state index in [9.17, 15) is 26.7 Å². The van der Waals surface area contributed by atoms with Gasteiger partial charge >= 0.3 is 12.2 Å². The number of halogens is 5. The highest BCUT2D eigenvalue weighted by Crippen LogP contribution is 2.49. The molecule has 5 nitrogen and oxygen atoms in total. The highest BCUT2D eigenvalue weighted by molar-refractivity contribution is 5.75. The van der Waals surface area contributed by atoms with Crippen molar-refractivity contribution in [2.45, 2.75) is 76.0 Å². The van der Waals surface area contributed by atoms with E-state index >= 15 is 0 Å². The van der Waals surface area contributed by atoms with Gasteiger partial charge in [-0.25, -0.2) is 13.6 Å². The molecule has 1 spiro atoms. The van der Waals surface area contributed by atoms with Gasteiger partial charge in [-0.05, 0) is 86.1 Å². The molecule has 218 valence electrons. The number of benzene rings is 2. The van der Waals surface area contributed by atoms with E-state index in [4.69, 9.17) is 4.74 Å². The third kappa shape index (κ3) is 5.32. The highest BCUT2D eigenvalue weighted by Gasteiger charge is 2.52. The van der Waals surface area contributed by atoms with Crippen LogP contribution in [0.1, 0.15) is 72.5 Å². The number of urea groups is 1. The topological polar surface area (TPSA) is 36.0 Å². The molecule has 10 heteroatoms. The number of aryl methyl sites for hydroxylation is 1. The quantitative estimate of drug-likeness (QED) is 0.383. The van der Waals surface area contributed by atoms with E-state index in [2.05, 4.69) is 4.90 Å². The first-order chi connectivity index (χ1) is 18.9. The zero-order chi connectivity index (χ0) is 28.8. The maximum atomic E-state index is 14.1. The van der Waals surface area contributed by atoms with Gasteiger partial charge in [0.1, 0.15) is 12.5 Å². The molecule has 3 heterocycles. The molecule has 0 unspecified atom stereocenters.